The summed E-state index contributed by atoms with van der Waals surface area (Å²) in [5.74, 6) is 2.26. The van der Waals surface area contributed by atoms with E-state index in [4.69, 9.17) is 9.47 Å². The molecule has 10 atom stereocenters. The van der Waals surface area contributed by atoms with E-state index in [1.807, 2.05) is 25.7 Å². The number of hydrogen-bond acceptors (Lipinski definition) is 6. The molecule has 0 spiro atoms. The average molecular weight is 769 g/mol. The number of carbonyl (C=O) groups is 4. The Labute approximate surface area is 332 Å². The van der Waals surface area contributed by atoms with Gasteiger partial charge in [-0.1, -0.05) is 48.5 Å². The number of rotatable bonds is 7. The molecule has 9 nitrogen and oxygen atoms in total. The lowest BCUT2D eigenvalue weighted by atomic mass is 9.32. The number of aliphatic carboxylic acids is 1. The van der Waals surface area contributed by atoms with Gasteiger partial charge in [-0.25, -0.2) is 4.79 Å². The second-order valence-corrected chi connectivity index (χ2v) is 22.7. The number of amides is 2. The number of fused-ring (bicyclic) bond motifs is 7. The molecule has 2 amide bonds. The highest BCUT2D eigenvalue weighted by atomic mass is 16.6. The fraction of sp³-hybridized carbons (Fsp3) is 0.913. The van der Waals surface area contributed by atoms with Crippen molar-refractivity contribution in [1.29, 1.82) is 0 Å². The van der Waals surface area contributed by atoms with Gasteiger partial charge >= 0.3 is 18.0 Å². The molecule has 1 heterocycles. The van der Waals surface area contributed by atoms with Gasteiger partial charge in [0.15, 0.2) is 0 Å². The van der Waals surface area contributed by atoms with Crippen molar-refractivity contribution in [2.24, 2.45) is 68.0 Å². The van der Waals surface area contributed by atoms with Crippen LogP contribution >= 0.6 is 0 Å². The molecule has 0 bridgehead atoms. The molecule has 5 saturated carbocycles. The average Bonchev–Trinajstić information content (AvgIpc) is 3.45. The van der Waals surface area contributed by atoms with Crippen LogP contribution in [0.25, 0.3) is 0 Å². The molecule has 6 aliphatic rings. The minimum atomic E-state index is -1.15. The Bertz CT molecular complexity index is 1510. The minimum absolute atomic E-state index is 0.0436. The van der Waals surface area contributed by atoms with E-state index in [0.29, 0.717) is 68.1 Å². The molecule has 1 saturated heterocycles. The number of ether oxygens (including phenoxy) is 2. The third-order valence-corrected chi connectivity index (χ3v) is 17.7. The predicted octanol–water partition coefficient (Wildman–Crippen LogP) is 9.61. The molecule has 312 valence electrons. The van der Waals surface area contributed by atoms with Crippen LogP contribution in [-0.4, -0.2) is 76.7 Å². The normalized spacial score (nSPS) is 40.0. The highest BCUT2D eigenvalue weighted by Gasteiger charge is 2.71. The fourth-order valence-corrected chi connectivity index (χ4v) is 14.5. The number of carboxylic acid groups (broad SMARTS) is 1. The van der Waals surface area contributed by atoms with Gasteiger partial charge in [-0.2, -0.15) is 0 Å². The van der Waals surface area contributed by atoms with Crippen LogP contribution in [0.3, 0.4) is 0 Å². The van der Waals surface area contributed by atoms with E-state index in [-0.39, 0.29) is 51.6 Å². The van der Waals surface area contributed by atoms with Crippen molar-refractivity contribution in [2.45, 2.75) is 172 Å². The lowest BCUT2D eigenvalue weighted by molar-refractivity contribution is -0.252. The summed E-state index contributed by atoms with van der Waals surface area (Å²) in [6.45, 7) is 28.4. The van der Waals surface area contributed by atoms with Gasteiger partial charge in [-0.15, -0.1) is 0 Å². The summed E-state index contributed by atoms with van der Waals surface area (Å²) < 4.78 is 11.8. The Kier molecular flexibility index (Phi) is 10.9. The van der Waals surface area contributed by atoms with Gasteiger partial charge in [0.2, 0.25) is 5.91 Å². The first-order valence-corrected chi connectivity index (χ1v) is 22.0. The Balaban J connectivity index is 1.19. The standard InChI is InChI=1S/C46H76N2O7/c1-29(2)30-15-20-46(27-35(49)47-23-25-48(26-24-47)39(53)55-40(3,4)5)22-21-44(11)31(37(30)46)13-14-33-43(10)18-17-34(54-36(50)28-41(6,7)38(51)52)42(8,9)32(43)16-19-45(33,44)12/h29-34,37H,13-28H2,1-12H3,(H,51,52)/t30-,31+,32-,33+,34-,37+,43-,44+,45+,46+/m0/s1. The number of esters is 1. The largest absolute Gasteiger partial charge is 0.481 e. The van der Waals surface area contributed by atoms with E-state index in [2.05, 4.69) is 48.5 Å². The minimum Gasteiger partial charge on any atom is -0.481 e. The van der Waals surface area contributed by atoms with E-state index >= 15 is 0 Å². The molecular weight excluding hydrogens is 693 g/mol. The van der Waals surface area contributed by atoms with E-state index in [1.54, 1.807) is 18.7 Å². The maximum absolute atomic E-state index is 14.3. The SMILES string of the molecule is CC(C)[C@@H]1CC[C@]2(CC(=O)N3CCN(C(=O)OC(C)(C)C)CC3)CC[C@]3(C)[C@H](CC[C@@H]4[C@@]5(C)CC[C@H](OC(=O)CC(C)(C)C(=O)O)C(C)(C)[C@@H]5CC[C@]43C)[C@@H]12. The highest BCUT2D eigenvalue weighted by molar-refractivity contribution is 5.81. The zero-order valence-electron chi connectivity index (χ0n) is 36.6. The van der Waals surface area contributed by atoms with Gasteiger partial charge in [-0.3, -0.25) is 14.4 Å². The molecule has 1 N–H and O–H groups in total. The topological polar surface area (TPSA) is 113 Å². The second-order valence-electron chi connectivity index (χ2n) is 22.7. The molecule has 6 rings (SSSR count). The van der Waals surface area contributed by atoms with E-state index in [1.165, 1.54) is 32.1 Å². The van der Waals surface area contributed by atoms with Crippen LogP contribution in [0.1, 0.15) is 160 Å². The van der Waals surface area contributed by atoms with Gasteiger partial charge in [0, 0.05) is 38.0 Å². The summed E-state index contributed by atoms with van der Waals surface area (Å²) in [7, 11) is 0. The first-order valence-electron chi connectivity index (χ1n) is 22.0. The lowest BCUT2D eigenvalue weighted by Crippen LogP contribution is -2.67. The second kappa shape index (κ2) is 14.2. The maximum Gasteiger partial charge on any atom is 0.410 e. The highest BCUT2D eigenvalue weighted by Crippen LogP contribution is 2.78. The number of nitrogens with zero attached hydrogens (tertiary/aromatic N) is 2. The Morgan fingerprint density at radius 3 is 1.98 bits per heavy atom. The summed E-state index contributed by atoms with van der Waals surface area (Å²) >= 11 is 0. The molecule has 6 fully saturated rings. The van der Waals surface area contributed by atoms with Crippen molar-refractivity contribution < 1.29 is 33.8 Å². The molecular formula is C46H76N2O7. The van der Waals surface area contributed by atoms with Crippen LogP contribution < -0.4 is 0 Å². The number of piperazine rings is 1. The molecule has 0 aromatic rings. The zero-order valence-corrected chi connectivity index (χ0v) is 36.6. The Hall–Kier alpha value is -2.32. The van der Waals surface area contributed by atoms with Crippen LogP contribution in [0.5, 0.6) is 0 Å². The first-order chi connectivity index (χ1) is 25.3. The van der Waals surface area contributed by atoms with Crippen LogP contribution in [0.2, 0.25) is 0 Å². The maximum atomic E-state index is 14.3. The van der Waals surface area contributed by atoms with E-state index < -0.39 is 23.0 Å². The van der Waals surface area contributed by atoms with Gasteiger partial charge in [0.1, 0.15) is 11.7 Å². The number of hydrogen-bond donors (Lipinski definition) is 1. The summed E-state index contributed by atoms with van der Waals surface area (Å²) in [6, 6.07) is 0. The molecule has 0 unspecified atom stereocenters. The van der Waals surface area contributed by atoms with E-state index in [0.717, 1.165) is 32.1 Å². The predicted molar refractivity (Wildman–Crippen MR) is 214 cm³/mol. The van der Waals surface area contributed by atoms with Crippen molar-refractivity contribution in [3.63, 3.8) is 0 Å². The smallest absolute Gasteiger partial charge is 0.410 e. The number of carboxylic acids is 1. The van der Waals surface area contributed by atoms with Gasteiger partial charge in [-0.05, 0) is 156 Å². The van der Waals surface area contributed by atoms with Crippen molar-refractivity contribution in [3.8, 4) is 0 Å². The molecule has 0 aromatic heterocycles. The van der Waals surface area contributed by atoms with Gasteiger partial charge in [0.05, 0.1) is 11.8 Å². The monoisotopic (exact) mass is 769 g/mol. The zero-order chi connectivity index (χ0) is 40.7. The fourth-order valence-electron chi connectivity index (χ4n) is 14.5. The summed E-state index contributed by atoms with van der Waals surface area (Å²) in [6.07, 6.45) is 11.3. The van der Waals surface area contributed by atoms with Crippen LogP contribution in [0, 0.1) is 68.0 Å². The molecule has 55 heavy (non-hydrogen) atoms. The van der Waals surface area contributed by atoms with Gasteiger partial charge in [0.25, 0.3) is 0 Å². The van der Waals surface area contributed by atoms with Crippen molar-refractivity contribution in [3.05, 3.63) is 0 Å². The Morgan fingerprint density at radius 2 is 1.38 bits per heavy atom. The number of carbonyl (C=O) groups excluding carboxylic acids is 3. The molecule has 5 aliphatic carbocycles. The lowest BCUT2D eigenvalue weighted by Gasteiger charge is -2.73. The van der Waals surface area contributed by atoms with Crippen molar-refractivity contribution in [1.82, 2.24) is 9.80 Å². The van der Waals surface area contributed by atoms with E-state index in [9.17, 15) is 24.3 Å². The van der Waals surface area contributed by atoms with Crippen LogP contribution in [0.15, 0.2) is 0 Å². The van der Waals surface area contributed by atoms with Crippen LogP contribution in [-0.2, 0) is 23.9 Å². The summed E-state index contributed by atoms with van der Waals surface area (Å²) in [4.78, 5) is 55.7. The Morgan fingerprint density at radius 1 is 0.745 bits per heavy atom. The quantitative estimate of drug-likeness (QED) is 0.257. The molecule has 9 heteroatoms. The molecule has 0 radical (unpaired) electrons. The summed E-state index contributed by atoms with van der Waals surface area (Å²) in [5.41, 5.74) is -1.34. The first kappa shape index (κ1) is 42.3. The van der Waals surface area contributed by atoms with Crippen molar-refractivity contribution >= 4 is 23.9 Å². The van der Waals surface area contributed by atoms with Crippen molar-refractivity contribution in [2.75, 3.05) is 26.2 Å². The van der Waals surface area contributed by atoms with Crippen LogP contribution in [0.4, 0.5) is 4.79 Å². The third-order valence-electron chi connectivity index (χ3n) is 17.7. The molecule has 0 aromatic carbocycles. The third kappa shape index (κ3) is 7.14. The van der Waals surface area contributed by atoms with Gasteiger partial charge < -0.3 is 24.4 Å². The molecule has 1 aliphatic heterocycles. The summed E-state index contributed by atoms with van der Waals surface area (Å²) in [5, 5.41) is 9.63.